The van der Waals surface area contributed by atoms with Gasteiger partial charge in [-0.05, 0) is 104 Å². The molecular formula is C38H30F6N2O5. The molecule has 2 aliphatic rings. The van der Waals surface area contributed by atoms with Crippen LogP contribution >= 0.6 is 0 Å². The van der Waals surface area contributed by atoms with Crippen LogP contribution in [0, 0.1) is 0 Å². The van der Waals surface area contributed by atoms with E-state index >= 15 is 0 Å². The number of amides is 4. The quantitative estimate of drug-likeness (QED) is 0.156. The Hall–Kier alpha value is -5.46. The topological polar surface area (TPSA) is 84.0 Å². The van der Waals surface area contributed by atoms with E-state index in [-0.39, 0.29) is 33.5 Å². The third-order valence-corrected chi connectivity index (χ3v) is 8.66. The van der Waals surface area contributed by atoms with Crippen molar-refractivity contribution in [2.24, 2.45) is 0 Å². The van der Waals surface area contributed by atoms with Crippen LogP contribution in [-0.4, -0.2) is 34.1 Å². The third-order valence-electron chi connectivity index (χ3n) is 8.66. The van der Waals surface area contributed by atoms with Gasteiger partial charge in [-0.15, -0.1) is 0 Å². The van der Waals surface area contributed by atoms with Crippen molar-refractivity contribution in [1.82, 2.24) is 4.90 Å². The first-order valence-corrected chi connectivity index (χ1v) is 15.7. The smallest absolute Gasteiger partial charge is 0.420 e. The van der Waals surface area contributed by atoms with Gasteiger partial charge in [0.25, 0.3) is 23.6 Å². The fourth-order valence-electron chi connectivity index (χ4n) is 6.06. The highest BCUT2D eigenvalue weighted by molar-refractivity contribution is 6.34. The highest BCUT2D eigenvalue weighted by atomic mass is 19.4. The first-order chi connectivity index (χ1) is 23.5. The first-order valence-electron chi connectivity index (χ1n) is 15.7. The summed E-state index contributed by atoms with van der Waals surface area (Å²) in [4.78, 5) is 54.9. The molecule has 0 N–H and O–H groups in total. The molecule has 0 fully saturated rings. The van der Waals surface area contributed by atoms with Crippen molar-refractivity contribution in [2.45, 2.75) is 64.8 Å². The molecule has 6 rings (SSSR count). The van der Waals surface area contributed by atoms with Gasteiger partial charge in [-0.1, -0.05) is 32.9 Å². The zero-order chi connectivity index (χ0) is 37.6. The van der Waals surface area contributed by atoms with Crippen LogP contribution in [-0.2, 0) is 17.8 Å². The molecule has 0 radical (unpaired) electrons. The summed E-state index contributed by atoms with van der Waals surface area (Å²) in [5, 5.41) is 0. The number of nitrogens with zero attached hydrogens (tertiary/aromatic N) is 2. The average Bonchev–Trinajstić information content (AvgIpc) is 3.43. The first kappa shape index (κ1) is 35.4. The normalized spacial score (nSPS) is 15.1. The molecule has 7 nitrogen and oxygen atoms in total. The van der Waals surface area contributed by atoms with Gasteiger partial charge in [0.05, 0.1) is 39.1 Å². The predicted molar refractivity (Wildman–Crippen MR) is 175 cm³/mol. The minimum atomic E-state index is -5.19. The lowest BCUT2D eigenvalue weighted by Crippen LogP contribution is -2.45. The van der Waals surface area contributed by atoms with Gasteiger partial charge in [0.15, 0.2) is 5.75 Å². The van der Waals surface area contributed by atoms with E-state index in [0.29, 0.717) is 23.3 Å². The van der Waals surface area contributed by atoms with Crippen molar-refractivity contribution in [3.8, 4) is 22.6 Å². The van der Waals surface area contributed by atoms with E-state index in [2.05, 4.69) is 0 Å². The number of imide groups is 2. The highest BCUT2D eigenvalue weighted by Crippen LogP contribution is 2.48. The molecule has 2 heterocycles. The number of alkyl halides is 6. The molecule has 4 aromatic carbocycles. The monoisotopic (exact) mass is 708 g/mol. The zero-order valence-corrected chi connectivity index (χ0v) is 28.1. The second-order valence-electron chi connectivity index (χ2n) is 14.3. The van der Waals surface area contributed by atoms with Gasteiger partial charge in [0, 0.05) is 5.54 Å². The Morgan fingerprint density at radius 3 is 1.41 bits per heavy atom. The molecule has 4 amide bonds. The fraction of sp³-hybridized carbons (Fsp3) is 0.263. The highest BCUT2D eigenvalue weighted by Gasteiger charge is 2.45. The van der Waals surface area contributed by atoms with Crippen LogP contribution in [0.4, 0.5) is 32.0 Å². The lowest BCUT2D eigenvalue weighted by atomic mass is 9.84. The van der Waals surface area contributed by atoms with Crippen LogP contribution in [0.5, 0.6) is 11.5 Å². The second-order valence-corrected chi connectivity index (χ2v) is 14.3. The molecule has 0 spiro atoms. The molecule has 264 valence electrons. The van der Waals surface area contributed by atoms with Crippen molar-refractivity contribution < 1.29 is 50.3 Å². The Morgan fingerprint density at radius 1 is 0.529 bits per heavy atom. The fourth-order valence-corrected chi connectivity index (χ4v) is 6.06. The molecule has 13 heteroatoms. The zero-order valence-electron chi connectivity index (χ0n) is 28.1. The lowest BCUT2D eigenvalue weighted by molar-refractivity contribution is -0.145. The molecule has 0 saturated carbocycles. The van der Waals surface area contributed by atoms with Gasteiger partial charge in [0.1, 0.15) is 5.75 Å². The summed E-state index contributed by atoms with van der Waals surface area (Å²) in [7, 11) is 0. The van der Waals surface area contributed by atoms with Crippen LogP contribution in [0.3, 0.4) is 0 Å². The number of carbonyl (C=O) groups excluding carboxylic acids is 4. The van der Waals surface area contributed by atoms with Crippen molar-refractivity contribution in [3.05, 3.63) is 112 Å². The Bertz CT molecular complexity index is 2120. The number of fused-ring (bicyclic) bond motifs is 2. The van der Waals surface area contributed by atoms with Gasteiger partial charge in [0.2, 0.25) is 0 Å². The van der Waals surface area contributed by atoms with Gasteiger partial charge < -0.3 is 4.74 Å². The summed E-state index contributed by atoms with van der Waals surface area (Å²) in [6.07, 6.45) is -10.4. The summed E-state index contributed by atoms with van der Waals surface area (Å²) in [5.41, 5.74) is -3.66. The maximum atomic E-state index is 14.1. The van der Waals surface area contributed by atoms with Crippen LogP contribution in [0.1, 0.15) is 99.7 Å². The minimum Gasteiger partial charge on any atom is -0.456 e. The third kappa shape index (κ3) is 6.14. The summed E-state index contributed by atoms with van der Waals surface area (Å²) < 4.78 is 89.8. The Labute approximate surface area is 288 Å². The van der Waals surface area contributed by atoms with Crippen molar-refractivity contribution >= 4 is 29.3 Å². The van der Waals surface area contributed by atoms with Crippen LogP contribution in [0.15, 0.2) is 72.8 Å². The molecule has 4 aromatic rings. The summed E-state index contributed by atoms with van der Waals surface area (Å²) in [6.45, 7) is 9.68. The van der Waals surface area contributed by atoms with E-state index in [4.69, 9.17) is 4.74 Å². The summed E-state index contributed by atoms with van der Waals surface area (Å²) >= 11 is 0. The van der Waals surface area contributed by atoms with Crippen LogP contribution in [0.25, 0.3) is 11.1 Å². The van der Waals surface area contributed by atoms with E-state index in [1.54, 1.807) is 39.0 Å². The number of hydrogen-bond acceptors (Lipinski definition) is 5. The number of anilines is 1. The van der Waals surface area contributed by atoms with Crippen molar-refractivity contribution in [2.75, 3.05) is 4.90 Å². The Balaban J connectivity index is 1.30. The molecule has 2 aliphatic heterocycles. The summed E-state index contributed by atoms with van der Waals surface area (Å²) in [5.74, 6) is -4.13. The van der Waals surface area contributed by atoms with E-state index in [1.165, 1.54) is 56.0 Å². The van der Waals surface area contributed by atoms with Crippen molar-refractivity contribution in [1.29, 1.82) is 0 Å². The molecule has 0 saturated heterocycles. The Morgan fingerprint density at radius 2 is 0.961 bits per heavy atom. The minimum absolute atomic E-state index is 0.00539. The molecular weight excluding hydrogens is 678 g/mol. The van der Waals surface area contributed by atoms with Gasteiger partial charge >= 0.3 is 12.4 Å². The summed E-state index contributed by atoms with van der Waals surface area (Å²) in [6, 6.07) is 14.9. The maximum Gasteiger partial charge on any atom is 0.420 e. The SMILES string of the molecule is CC(C)(C)c1cc(C(F)(F)F)c(Oc2ccc(N3C(=O)c4ccc(-c5ccc6c(c5)C(=O)N(C(C)(C)C)C6=O)cc4C3=O)cc2)c(C(F)(F)F)c1. The standard InChI is InChI=1S/C38H30F6N2O5/c1-35(2,3)21-17-28(37(39,40)41)30(29(18-21)38(42,43)44)51-23-11-9-22(10-12-23)45-31(47)24-13-7-19(15-26(24)32(45)48)20-8-14-25-27(16-20)34(50)46(33(25)49)36(4,5)6/h7-18H,1-6H3. The number of rotatable bonds is 4. The largest absolute Gasteiger partial charge is 0.456 e. The number of ether oxygens (including phenoxy) is 1. The van der Waals surface area contributed by atoms with Crippen LogP contribution in [0.2, 0.25) is 0 Å². The molecule has 0 atom stereocenters. The molecule has 51 heavy (non-hydrogen) atoms. The lowest BCUT2D eigenvalue weighted by Gasteiger charge is -2.29. The number of halogens is 6. The second kappa shape index (κ2) is 11.5. The average molecular weight is 709 g/mol. The van der Waals surface area contributed by atoms with E-state index < -0.39 is 69.6 Å². The predicted octanol–water partition coefficient (Wildman–Crippen LogP) is 9.68. The number of hydrogen-bond donors (Lipinski definition) is 0. The van der Waals surface area contributed by atoms with Crippen molar-refractivity contribution in [3.63, 3.8) is 0 Å². The molecule has 0 aromatic heterocycles. The van der Waals surface area contributed by atoms with Gasteiger partial charge in [-0.3, -0.25) is 24.1 Å². The Kier molecular flexibility index (Phi) is 8.00. The van der Waals surface area contributed by atoms with Gasteiger partial charge in [-0.25, -0.2) is 4.90 Å². The molecule has 0 aliphatic carbocycles. The van der Waals surface area contributed by atoms with E-state index in [1.807, 2.05) is 0 Å². The van der Waals surface area contributed by atoms with E-state index in [0.717, 1.165) is 17.0 Å². The molecule has 0 bridgehead atoms. The van der Waals surface area contributed by atoms with Crippen LogP contribution < -0.4 is 9.64 Å². The van der Waals surface area contributed by atoms with Gasteiger partial charge in [-0.2, -0.15) is 26.3 Å². The maximum absolute atomic E-state index is 14.1. The number of carbonyl (C=O) groups is 4. The number of benzene rings is 4. The van der Waals surface area contributed by atoms with E-state index in [9.17, 15) is 45.5 Å². The molecule has 0 unspecified atom stereocenters.